The van der Waals surface area contributed by atoms with Crippen molar-refractivity contribution >= 4 is 23.7 Å². The first kappa shape index (κ1) is 37.1. The normalized spacial score (nSPS) is 19.8. The van der Waals surface area contributed by atoms with E-state index in [0.717, 1.165) is 103 Å². The standard InChI is InChI=1S/2C19H24N6O2/c2*1-14(16-12-20-5-6-21-16)24-18-22-10-15(11-23-18)17(26)25-7-2-19(13-25)3-8-27-9-4-19/h2*5-6,10-12,14H,2-4,7-9,13H2,1H3,(H,22,23,24)/t2*14-/m10/s1. The summed E-state index contributed by atoms with van der Waals surface area (Å²) in [5.41, 5.74) is 3.14. The molecule has 16 heteroatoms. The minimum Gasteiger partial charge on any atom is -0.381 e. The maximum Gasteiger partial charge on any atom is 0.257 e. The van der Waals surface area contributed by atoms with Crippen LogP contribution in [-0.2, 0) is 9.47 Å². The Kier molecular flexibility index (Phi) is 11.6. The summed E-state index contributed by atoms with van der Waals surface area (Å²) in [4.78, 5) is 63.3. The molecule has 4 fully saturated rings. The largest absolute Gasteiger partial charge is 0.381 e. The maximum atomic E-state index is 12.8. The maximum absolute atomic E-state index is 12.8. The van der Waals surface area contributed by atoms with Crippen molar-refractivity contribution in [1.29, 1.82) is 0 Å². The second-order valence-electron chi connectivity index (χ2n) is 14.8. The second-order valence-corrected chi connectivity index (χ2v) is 14.8. The fourth-order valence-electron chi connectivity index (χ4n) is 7.64. The van der Waals surface area contributed by atoms with Gasteiger partial charge in [0.25, 0.3) is 11.8 Å². The van der Waals surface area contributed by atoms with E-state index < -0.39 is 0 Å². The van der Waals surface area contributed by atoms with Gasteiger partial charge in [0.1, 0.15) is 0 Å². The van der Waals surface area contributed by atoms with Crippen molar-refractivity contribution in [3.63, 3.8) is 0 Å². The smallest absolute Gasteiger partial charge is 0.257 e. The van der Waals surface area contributed by atoms with E-state index in [1.54, 1.807) is 62.0 Å². The molecule has 2 amide bonds. The lowest BCUT2D eigenvalue weighted by Crippen LogP contribution is -2.35. The van der Waals surface area contributed by atoms with Gasteiger partial charge in [-0.05, 0) is 63.2 Å². The summed E-state index contributed by atoms with van der Waals surface area (Å²) in [7, 11) is 0. The average Bonchev–Trinajstić information content (AvgIpc) is 3.83. The third-order valence-electron chi connectivity index (χ3n) is 11.1. The van der Waals surface area contributed by atoms with E-state index in [1.807, 2.05) is 23.6 Å². The molecular formula is C38H48N12O4. The molecule has 0 radical (unpaired) electrons. The molecule has 4 aliphatic rings. The highest BCUT2D eigenvalue weighted by atomic mass is 16.5. The minimum atomic E-state index is -0.0767. The Hall–Kier alpha value is -5.22. The summed E-state index contributed by atoms with van der Waals surface area (Å²) in [5.74, 6) is 0.942. The van der Waals surface area contributed by atoms with Gasteiger partial charge in [-0.25, -0.2) is 19.9 Å². The van der Waals surface area contributed by atoms with Gasteiger partial charge in [-0.2, -0.15) is 0 Å². The van der Waals surface area contributed by atoms with Gasteiger partial charge in [-0.3, -0.25) is 29.5 Å². The van der Waals surface area contributed by atoms with Gasteiger partial charge in [0.2, 0.25) is 11.9 Å². The van der Waals surface area contributed by atoms with Crippen LogP contribution in [0.15, 0.2) is 62.0 Å². The second kappa shape index (κ2) is 16.8. The van der Waals surface area contributed by atoms with Crippen molar-refractivity contribution in [2.45, 2.75) is 64.5 Å². The van der Waals surface area contributed by atoms with Crippen LogP contribution in [-0.4, -0.2) is 114 Å². The van der Waals surface area contributed by atoms with E-state index in [-0.39, 0.29) is 34.7 Å². The molecule has 16 nitrogen and oxygen atoms in total. The first-order valence-electron chi connectivity index (χ1n) is 18.7. The number of ether oxygens (including phenoxy) is 2. The predicted octanol–water partition coefficient (Wildman–Crippen LogP) is 4.16. The molecule has 8 rings (SSSR count). The van der Waals surface area contributed by atoms with E-state index in [2.05, 4.69) is 50.5 Å². The van der Waals surface area contributed by atoms with E-state index in [1.165, 1.54) is 0 Å². The number of hydrogen-bond donors (Lipinski definition) is 2. The number of nitrogens with zero attached hydrogens (tertiary/aromatic N) is 10. The van der Waals surface area contributed by atoms with Crippen LogP contribution in [0.5, 0.6) is 0 Å². The van der Waals surface area contributed by atoms with Gasteiger partial charge < -0.3 is 29.9 Å². The van der Waals surface area contributed by atoms with Crippen LogP contribution in [0.2, 0.25) is 0 Å². The van der Waals surface area contributed by atoms with Crippen LogP contribution in [0.25, 0.3) is 0 Å². The molecule has 2 spiro atoms. The molecular weight excluding hydrogens is 688 g/mol. The van der Waals surface area contributed by atoms with E-state index in [4.69, 9.17) is 9.47 Å². The van der Waals surface area contributed by atoms with Gasteiger partial charge in [0.05, 0.1) is 47.0 Å². The van der Waals surface area contributed by atoms with Crippen molar-refractivity contribution in [2.24, 2.45) is 10.8 Å². The molecule has 2 atom stereocenters. The molecule has 8 heterocycles. The highest BCUT2D eigenvalue weighted by Crippen LogP contribution is 2.41. The molecule has 2 N–H and O–H groups in total. The Morgan fingerprint density at radius 1 is 0.574 bits per heavy atom. The SMILES string of the molecule is C[C@@H](Nc1ncc(C(=O)N2CCC3(CCOCC3)C2)cn1)c1cnccn1.C[C@H](Nc1ncc(C(=O)N2CCC3(CCOCC3)C2)cn1)c1cnccn1. The average molecular weight is 737 g/mol. The van der Waals surface area contributed by atoms with Crippen LogP contribution < -0.4 is 10.6 Å². The lowest BCUT2D eigenvalue weighted by molar-refractivity contribution is 0.0190. The Bertz CT molecular complexity index is 1690. The molecule has 4 aromatic heterocycles. The van der Waals surface area contributed by atoms with Crippen molar-refractivity contribution in [3.8, 4) is 0 Å². The molecule has 0 aliphatic carbocycles. The molecule has 4 aromatic rings. The van der Waals surface area contributed by atoms with Crippen LogP contribution in [0.1, 0.15) is 96.6 Å². The summed E-state index contributed by atoms with van der Waals surface area (Å²) in [5, 5.41) is 6.35. The Morgan fingerprint density at radius 3 is 1.31 bits per heavy atom. The van der Waals surface area contributed by atoms with Crippen LogP contribution >= 0.6 is 0 Å². The highest BCUT2D eigenvalue weighted by molar-refractivity contribution is 5.94. The van der Waals surface area contributed by atoms with Gasteiger partial charge in [0, 0.05) is 102 Å². The predicted molar refractivity (Wildman–Crippen MR) is 198 cm³/mol. The number of aromatic nitrogens is 8. The zero-order valence-corrected chi connectivity index (χ0v) is 30.9. The topological polar surface area (TPSA) is 186 Å². The number of amides is 2. The molecule has 54 heavy (non-hydrogen) atoms. The molecule has 0 saturated carbocycles. The molecule has 0 bridgehead atoms. The van der Waals surface area contributed by atoms with E-state index in [0.29, 0.717) is 23.0 Å². The first-order chi connectivity index (χ1) is 26.3. The van der Waals surface area contributed by atoms with Crippen LogP contribution in [0, 0.1) is 10.8 Å². The van der Waals surface area contributed by atoms with Crippen molar-refractivity contribution in [1.82, 2.24) is 49.7 Å². The van der Waals surface area contributed by atoms with Crippen molar-refractivity contribution in [2.75, 3.05) is 63.2 Å². The number of likely N-dealkylation sites (tertiary alicyclic amines) is 2. The first-order valence-corrected chi connectivity index (χ1v) is 18.7. The molecule has 0 aromatic carbocycles. The summed E-state index contributed by atoms with van der Waals surface area (Å²) in [6.45, 7) is 10.3. The van der Waals surface area contributed by atoms with Gasteiger partial charge in [0.15, 0.2) is 0 Å². The zero-order chi connectivity index (χ0) is 37.4. The molecule has 4 aliphatic heterocycles. The lowest BCUT2D eigenvalue weighted by Gasteiger charge is -2.33. The number of rotatable bonds is 8. The lowest BCUT2D eigenvalue weighted by atomic mass is 9.80. The monoisotopic (exact) mass is 736 g/mol. The fourth-order valence-corrected chi connectivity index (χ4v) is 7.64. The molecule has 4 saturated heterocycles. The summed E-state index contributed by atoms with van der Waals surface area (Å²) < 4.78 is 10.9. The third kappa shape index (κ3) is 8.93. The van der Waals surface area contributed by atoms with E-state index >= 15 is 0 Å². The molecule has 284 valence electrons. The fraction of sp³-hybridized carbons (Fsp3) is 0.526. The number of anilines is 2. The summed E-state index contributed by atoms with van der Waals surface area (Å²) in [6.07, 6.45) is 22.6. The quantitative estimate of drug-likeness (QED) is 0.263. The zero-order valence-electron chi connectivity index (χ0n) is 30.9. The molecule has 0 unspecified atom stereocenters. The third-order valence-corrected chi connectivity index (χ3v) is 11.1. The van der Waals surface area contributed by atoms with Crippen LogP contribution in [0.3, 0.4) is 0 Å². The number of nitrogens with one attached hydrogen (secondary N) is 2. The van der Waals surface area contributed by atoms with Gasteiger partial charge in [-0.1, -0.05) is 0 Å². The van der Waals surface area contributed by atoms with Crippen LogP contribution in [0.4, 0.5) is 11.9 Å². The van der Waals surface area contributed by atoms with Gasteiger partial charge in [-0.15, -0.1) is 0 Å². The number of carbonyl (C=O) groups excluding carboxylic acids is 2. The van der Waals surface area contributed by atoms with Gasteiger partial charge >= 0.3 is 0 Å². The number of hydrogen-bond acceptors (Lipinski definition) is 14. The Balaban J connectivity index is 0.000000167. The minimum absolute atomic E-state index is 0.00638. The summed E-state index contributed by atoms with van der Waals surface area (Å²) >= 11 is 0. The van der Waals surface area contributed by atoms with Crippen molar-refractivity contribution < 1.29 is 19.1 Å². The summed E-state index contributed by atoms with van der Waals surface area (Å²) in [6, 6.07) is -0.153. The van der Waals surface area contributed by atoms with E-state index in [9.17, 15) is 9.59 Å². The Labute approximate surface area is 315 Å². The Morgan fingerprint density at radius 2 is 0.963 bits per heavy atom. The highest BCUT2D eigenvalue weighted by Gasteiger charge is 2.42. The van der Waals surface area contributed by atoms with Crippen molar-refractivity contribution in [3.05, 3.63) is 84.5 Å². The number of carbonyl (C=O) groups is 2.